The van der Waals surface area contributed by atoms with Crippen molar-refractivity contribution >= 4 is 28.6 Å². The fourth-order valence-electron chi connectivity index (χ4n) is 3.13. The van der Waals surface area contributed by atoms with Gasteiger partial charge in [0.1, 0.15) is 12.1 Å². The van der Waals surface area contributed by atoms with Crippen LogP contribution in [0.15, 0.2) is 41.1 Å². The summed E-state index contributed by atoms with van der Waals surface area (Å²) in [6.45, 7) is 1.58. The van der Waals surface area contributed by atoms with Gasteiger partial charge in [-0.15, -0.1) is 0 Å². The summed E-state index contributed by atoms with van der Waals surface area (Å²) in [7, 11) is 0. The van der Waals surface area contributed by atoms with Gasteiger partial charge in [0, 0.05) is 19.3 Å². The van der Waals surface area contributed by atoms with E-state index in [2.05, 4.69) is 10.1 Å². The minimum absolute atomic E-state index is 0.0376. The Hall–Kier alpha value is -2.34. The topological polar surface area (TPSA) is 64.2 Å². The number of amides is 1. The summed E-state index contributed by atoms with van der Waals surface area (Å²) < 4.78 is 7.44. The number of rotatable bonds is 3. The van der Waals surface area contributed by atoms with Crippen molar-refractivity contribution < 1.29 is 9.21 Å². The van der Waals surface area contributed by atoms with Gasteiger partial charge in [0.15, 0.2) is 11.5 Å². The second-order valence-electron chi connectivity index (χ2n) is 6.05. The van der Waals surface area contributed by atoms with E-state index in [0.29, 0.717) is 11.6 Å². The molecule has 124 valence electrons. The first-order valence-electron chi connectivity index (χ1n) is 8.00. The summed E-state index contributed by atoms with van der Waals surface area (Å²) in [5.74, 6) is 0.891. The van der Waals surface area contributed by atoms with Crippen LogP contribution in [0.25, 0.3) is 11.1 Å². The first-order chi connectivity index (χ1) is 11.7. The highest BCUT2D eigenvalue weighted by molar-refractivity contribution is 6.30. The highest BCUT2D eigenvalue weighted by atomic mass is 35.5. The molecule has 1 unspecified atom stereocenters. The summed E-state index contributed by atoms with van der Waals surface area (Å²) in [5.41, 5.74) is 1.66. The molecule has 7 heteroatoms. The Labute approximate surface area is 144 Å². The third-order valence-corrected chi connectivity index (χ3v) is 4.53. The minimum Gasteiger partial charge on any atom is -0.440 e. The second kappa shape index (κ2) is 6.28. The van der Waals surface area contributed by atoms with E-state index in [1.165, 1.54) is 6.20 Å². The van der Waals surface area contributed by atoms with Gasteiger partial charge in [-0.2, -0.15) is 5.10 Å². The number of aromatic nitrogens is 3. The molecular weight excluding hydrogens is 328 g/mol. The summed E-state index contributed by atoms with van der Waals surface area (Å²) in [5, 5.41) is 4.60. The van der Waals surface area contributed by atoms with Gasteiger partial charge in [-0.1, -0.05) is 23.7 Å². The van der Waals surface area contributed by atoms with E-state index in [1.54, 1.807) is 10.9 Å². The summed E-state index contributed by atoms with van der Waals surface area (Å²) in [6.07, 6.45) is 5.10. The zero-order valence-corrected chi connectivity index (χ0v) is 13.8. The van der Waals surface area contributed by atoms with Crippen LogP contribution < -0.4 is 0 Å². The van der Waals surface area contributed by atoms with Crippen LogP contribution in [0.5, 0.6) is 0 Å². The highest BCUT2D eigenvalue weighted by Crippen LogP contribution is 2.29. The van der Waals surface area contributed by atoms with Crippen LogP contribution in [-0.2, 0) is 11.3 Å². The zero-order valence-electron chi connectivity index (χ0n) is 13.1. The fourth-order valence-corrected chi connectivity index (χ4v) is 3.29. The number of carbonyl (C=O) groups excluding carboxylic acids is 1. The summed E-state index contributed by atoms with van der Waals surface area (Å²) >= 11 is 5.84. The van der Waals surface area contributed by atoms with Crippen molar-refractivity contribution in [1.82, 2.24) is 19.7 Å². The van der Waals surface area contributed by atoms with Gasteiger partial charge in [0.05, 0.1) is 17.1 Å². The molecule has 0 bridgehead atoms. The first-order valence-corrected chi connectivity index (χ1v) is 8.38. The molecule has 0 radical (unpaired) electrons. The molecule has 1 aliphatic rings. The molecule has 3 aromatic rings. The predicted octanol–water partition coefficient (Wildman–Crippen LogP) is 3.08. The molecule has 3 heterocycles. The number of likely N-dealkylation sites (tertiary alicyclic amines) is 1. The van der Waals surface area contributed by atoms with Gasteiger partial charge >= 0.3 is 0 Å². The molecule has 1 aromatic carbocycles. The van der Waals surface area contributed by atoms with E-state index < -0.39 is 0 Å². The Morgan fingerprint density at radius 1 is 1.38 bits per heavy atom. The van der Waals surface area contributed by atoms with Gasteiger partial charge in [-0.25, -0.2) is 4.98 Å². The van der Waals surface area contributed by atoms with Crippen molar-refractivity contribution in [1.29, 1.82) is 0 Å². The molecule has 2 aromatic heterocycles. The zero-order chi connectivity index (χ0) is 16.5. The standard InChI is InChI=1S/C17H17ClN4O2/c18-13-8-19-22(10-13)11-16(23)21-7-3-4-12(9-21)17-20-14-5-1-2-6-15(14)24-17/h1-2,5-6,8,10,12H,3-4,7,9,11H2. The monoisotopic (exact) mass is 344 g/mol. The van der Waals surface area contributed by atoms with Crippen LogP contribution in [0.1, 0.15) is 24.7 Å². The third kappa shape index (κ3) is 3.01. The van der Waals surface area contributed by atoms with Gasteiger partial charge in [0.25, 0.3) is 0 Å². The number of halogens is 1. The van der Waals surface area contributed by atoms with Crippen LogP contribution >= 0.6 is 11.6 Å². The SMILES string of the molecule is O=C(Cn1cc(Cl)cn1)N1CCCC(c2nc3ccccc3o2)C1. The van der Waals surface area contributed by atoms with Crippen molar-refractivity contribution in [2.45, 2.75) is 25.3 Å². The lowest BCUT2D eigenvalue weighted by Crippen LogP contribution is -2.41. The second-order valence-corrected chi connectivity index (χ2v) is 6.49. The summed E-state index contributed by atoms with van der Waals surface area (Å²) in [4.78, 5) is 18.9. The average molecular weight is 345 g/mol. The average Bonchev–Trinajstić information content (AvgIpc) is 3.21. The van der Waals surface area contributed by atoms with Crippen molar-refractivity contribution in [3.05, 3.63) is 47.6 Å². The van der Waals surface area contributed by atoms with Gasteiger partial charge in [-0.3, -0.25) is 9.48 Å². The van der Waals surface area contributed by atoms with Crippen LogP contribution in [-0.4, -0.2) is 38.7 Å². The molecule has 1 amide bonds. The minimum atomic E-state index is 0.0376. The number of oxazole rings is 1. The Balaban J connectivity index is 1.47. The maximum absolute atomic E-state index is 12.5. The van der Waals surface area contributed by atoms with Crippen LogP contribution in [0.4, 0.5) is 0 Å². The van der Waals surface area contributed by atoms with E-state index in [-0.39, 0.29) is 18.4 Å². The van der Waals surface area contributed by atoms with Crippen molar-refractivity contribution in [2.75, 3.05) is 13.1 Å². The molecule has 0 saturated carbocycles. The Morgan fingerprint density at radius 3 is 3.04 bits per heavy atom. The molecule has 1 atom stereocenters. The predicted molar refractivity (Wildman–Crippen MR) is 89.8 cm³/mol. The number of fused-ring (bicyclic) bond motifs is 1. The van der Waals surface area contributed by atoms with Crippen LogP contribution in [0, 0.1) is 0 Å². The molecule has 1 aliphatic heterocycles. The summed E-state index contributed by atoms with van der Waals surface area (Å²) in [6, 6.07) is 7.73. The first kappa shape index (κ1) is 15.2. The maximum atomic E-state index is 12.5. The van der Waals surface area contributed by atoms with Crippen molar-refractivity contribution in [3.8, 4) is 0 Å². The lowest BCUT2D eigenvalue weighted by atomic mass is 9.98. The molecule has 1 fully saturated rings. The number of carbonyl (C=O) groups is 1. The van der Waals surface area contributed by atoms with E-state index in [1.807, 2.05) is 29.2 Å². The smallest absolute Gasteiger partial charge is 0.244 e. The molecule has 24 heavy (non-hydrogen) atoms. The van der Waals surface area contributed by atoms with Crippen LogP contribution in [0.2, 0.25) is 5.02 Å². The van der Waals surface area contributed by atoms with Gasteiger partial charge in [0.2, 0.25) is 5.91 Å². The van der Waals surface area contributed by atoms with E-state index >= 15 is 0 Å². The number of piperidine rings is 1. The Kier molecular flexibility index (Phi) is 3.98. The van der Waals surface area contributed by atoms with E-state index in [0.717, 1.165) is 36.4 Å². The molecule has 6 nitrogen and oxygen atoms in total. The van der Waals surface area contributed by atoms with Gasteiger partial charge in [-0.05, 0) is 25.0 Å². The Morgan fingerprint density at radius 2 is 2.25 bits per heavy atom. The molecule has 4 rings (SSSR count). The molecule has 0 aliphatic carbocycles. The molecule has 1 saturated heterocycles. The largest absolute Gasteiger partial charge is 0.440 e. The maximum Gasteiger partial charge on any atom is 0.244 e. The number of hydrogen-bond donors (Lipinski definition) is 0. The van der Waals surface area contributed by atoms with E-state index in [4.69, 9.17) is 16.0 Å². The van der Waals surface area contributed by atoms with Crippen molar-refractivity contribution in [3.63, 3.8) is 0 Å². The fraction of sp³-hybridized carbons (Fsp3) is 0.353. The van der Waals surface area contributed by atoms with Gasteiger partial charge < -0.3 is 9.32 Å². The molecule has 0 spiro atoms. The van der Waals surface area contributed by atoms with E-state index in [9.17, 15) is 4.79 Å². The third-order valence-electron chi connectivity index (χ3n) is 4.33. The molecular formula is C17H17ClN4O2. The quantitative estimate of drug-likeness (QED) is 0.732. The normalized spacial score (nSPS) is 18.2. The number of nitrogens with zero attached hydrogens (tertiary/aromatic N) is 4. The lowest BCUT2D eigenvalue weighted by molar-refractivity contribution is -0.133. The number of para-hydroxylation sites is 2. The number of hydrogen-bond acceptors (Lipinski definition) is 4. The highest BCUT2D eigenvalue weighted by Gasteiger charge is 2.28. The molecule has 0 N–H and O–H groups in total. The Bertz CT molecular complexity index is 839. The van der Waals surface area contributed by atoms with Crippen molar-refractivity contribution in [2.24, 2.45) is 0 Å². The lowest BCUT2D eigenvalue weighted by Gasteiger charge is -2.31. The van der Waals surface area contributed by atoms with Crippen LogP contribution in [0.3, 0.4) is 0 Å². The number of benzene rings is 1.